The van der Waals surface area contributed by atoms with E-state index >= 15 is 4.39 Å². The van der Waals surface area contributed by atoms with Crippen LogP contribution in [0.25, 0.3) is 32.9 Å². The fourth-order valence-corrected chi connectivity index (χ4v) is 6.19. The summed E-state index contributed by atoms with van der Waals surface area (Å²) in [6, 6.07) is 30.7. The van der Waals surface area contributed by atoms with E-state index in [1.54, 1.807) is 10.8 Å². The van der Waals surface area contributed by atoms with Gasteiger partial charge in [-0.05, 0) is 96.9 Å². The Morgan fingerprint density at radius 1 is 0.878 bits per heavy atom. The molecule has 2 aromatic heterocycles. The maximum Gasteiger partial charge on any atom is 0.262 e. The molecular weight excluding hydrogens is 511 g/mol. The van der Waals surface area contributed by atoms with Crippen molar-refractivity contribution in [3.63, 3.8) is 0 Å². The molecule has 6 aromatic rings. The highest BCUT2D eigenvalue weighted by atomic mass is 19.1. The number of H-pyrrole nitrogens is 1. The molecule has 5 nitrogen and oxygen atoms in total. The number of halogens is 1. The third-order valence-corrected chi connectivity index (χ3v) is 8.48. The first kappa shape index (κ1) is 25.4. The highest BCUT2D eigenvalue weighted by molar-refractivity contribution is 5.87. The molecule has 1 aliphatic rings. The Bertz CT molecular complexity index is 1870. The van der Waals surface area contributed by atoms with E-state index in [0.29, 0.717) is 17.1 Å². The van der Waals surface area contributed by atoms with E-state index in [4.69, 9.17) is 4.98 Å². The zero-order valence-corrected chi connectivity index (χ0v) is 22.9. The average molecular weight is 543 g/mol. The lowest BCUT2D eigenvalue weighted by Gasteiger charge is -2.29. The number of nitrogens with one attached hydrogen (secondary N) is 1. The molecule has 0 aliphatic carbocycles. The number of fused-ring (bicyclic) bond motifs is 2. The summed E-state index contributed by atoms with van der Waals surface area (Å²) >= 11 is 0. The first-order valence-corrected chi connectivity index (χ1v) is 14.2. The highest BCUT2D eigenvalue weighted by Gasteiger charge is 2.23. The van der Waals surface area contributed by atoms with Crippen LogP contribution in [0.3, 0.4) is 0 Å². The lowest BCUT2D eigenvalue weighted by atomic mass is 9.88. The Morgan fingerprint density at radius 2 is 1.61 bits per heavy atom. The summed E-state index contributed by atoms with van der Waals surface area (Å²) in [5.41, 5.74) is 5.23. The molecule has 0 saturated carbocycles. The molecule has 0 bridgehead atoms. The van der Waals surface area contributed by atoms with Crippen molar-refractivity contribution >= 4 is 21.8 Å². The molecule has 3 heterocycles. The van der Waals surface area contributed by atoms with Crippen molar-refractivity contribution in [3.8, 4) is 11.1 Å². The Balaban J connectivity index is 1.28. The van der Waals surface area contributed by atoms with Gasteiger partial charge in [0.15, 0.2) is 0 Å². The first-order chi connectivity index (χ1) is 20.0. The molecule has 6 heteroatoms. The number of hydrogen-bond acceptors (Lipinski definition) is 3. The molecule has 1 aliphatic heterocycles. The lowest BCUT2D eigenvalue weighted by Crippen LogP contribution is -2.29. The lowest BCUT2D eigenvalue weighted by molar-refractivity contribution is 0.255. The van der Waals surface area contributed by atoms with Crippen LogP contribution in [0.5, 0.6) is 0 Å². The minimum atomic E-state index is -0.535. The van der Waals surface area contributed by atoms with Crippen molar-refractivity contribution in [2.45, 2.75) is 24.8 Å². The predicted molar refractivity (Wildman–Crippen MR) is 163 cm³/mol. The van der Waals surface area contributed by atoms with E-state index in [0.717, 1.165) is 53.7 Å². The molecule has 1 N–H and O–H groups in total. The molecule has 0 radical (unpaired) electrons. The van der Waals surface area contributed by atoms with Gasteiger partial charge in [0.2, 0.25) is 0 Å². The van der Waals surface area contributed by atoms with Gasteiger partial charge in [-0.2, -0.15) is 0 Å². The van der Waals surface area contributed by atoms with E-state index in [1.165, 1.54) is 11.6 Å². The number of benzene rings is 4. The van der Waals surface area contributed by atoms with Crippen LogP contribution in [-0.2, 0) is 0 Å². The van der Waals surface area contributed by atoms with E-state index in [1.807, 2.05) is 66.7 Å². The number of imidazole rings is 1. The van der Waals surface area contributed by atoms with Crippen molar-refractivity contribution in [3.05, 3.63) is 136 Å². The van der Waals surface area contributed by atoms with E-state index < -0.39 is 17.4 Å². The largest absolute Gasteiger partial charge is 0.340 e. The van der Waals surface area contributed by atoms with Crippen molar-refractivity contribution < 1.29 is 4.39 Å². The molecule has 41 heavy (non-hydrogen) atoms. The second-order valence-electron chi connectivity index (χ2n) is 11.1. The predicted octanol–water partition coefficient (Wildman–Crippen LogP) is 7.13. The smallest absolute Gasteiger partial charge is 0.262 e. The third kappa shape index (κ3) is 4.74. The van der Waals surface area contributed by atoms with Gasteiger partial charge in [0, 0.05) is 6.20 Å². The number of aromatic amines is 1. The number of nitrogens with zero attached hydrogens (tertiary/aromatic N) is 3. The first-order valence-electron chi connectivity index (χ1n) is 14.2. The molecule has 0 spiro atoms. The fourth-order valence-electron chi connectivity index (χ4n) is 6.19. The summed E-state index contributed by atoms with van der Waals surface area (Å²) in [7, 11) is 2.17. The molecule has 1 atom stereocenters. The molecule has 4 aromatic carbocycles. The second kappa shape index (κ2) is 10.5. The quantitative estimate of drug-likeness (QED) is 0.252. The van der Waals surface area contributed by atoms with Gasteiger partial charge in [0.1, 0.15) is 17.7 Å². The van der Waals surface area contributed by atoms with Crippen LogP contribution in [0, 0.1) is 5.82 Å². The maximum absolute atomic E-state index is 15.8. The van der Waals surface area contributed by atoms with Crippen LogP contribution in [0.1, 0.15) is 41.8 Å². The number of pyridine rings is 1. The summed E-state index contributed by atoms with van der Waals surface area (Å²) in [5.74, 6) is 0.671. The fraction of sp³-hybridized carbons (Fsp3) is 0.200. The number of aromatic nitrogens is 3. The monoisotopic (exact) mass is 542 g/mol. The van der Waals surface area contributed by atoms with Gasteiger partial charge in [-0.1, -0.05) is 66.7 Å². The summed E-state index contributed by atoms with van der Waals surface area (Å²) in [4.78, 5) is 24.5. The zero-order chi connectivity index (χ0) is 27.9. The summed E-state index contributed by atoms with van der Waals surface area (Å²) in [6.07, 6.45) is 4.07. The van der Waals surface area contributed by atoms with Gasteiger partial charge in [-0.15, -0.1) is 0 Å². The molecular formula is C35H31FN4O. The van der Waals surface area contributed by atoms with Crippen LogP contribution < -0.4 is 5.56 Å². The Labute approximate surface area is 237 Å². The second-order valence-corrected chi connectivity index (χ2v) is 11.1. The van der Waals surface area contributed by atoms with Crippen molar-refractivity contribution in [1.82, 2.24) is 19.4 Å². The molecule has 1 unspecified atom stereocenters. The number of likely N-dealkylation sites (tertiary alicyclic amines) is 1. The third-order valence-electron chi connectivity index (χ3n) is 8.48. The Hall–Kier alpha value is -4.55. The standard InChI is InChI=1S/C35H31FN4O/c1-39-18-15-25(16-19-39)23-11-13-24(14-12-23)28-21-27-17-20-40(35(41)32(27)29(36)22-28)33(26-7-3-2-4-8-26)34-37-30-9-5-6-10-31(30)38-34/h2-14,17,20-22,25,33H,15-16,18-19H2,1H3,(H,37,38). The van der Waals surface area contributed by atoms with Gasteiger partial charge in [-0.25, -0.2) is 9.37 Å². The molecule has 1 saturated heterocycles. The topological polar surface area (TPSA) is 53.9 Å². The molecule has 7 rings (SSSR count). The maximum atomic E-state index is 15.8. The van der Waals surface area contributed by atoms with Crippen LogP contribution in [-0.4, -0.2) is 39.6 Å². The minimum Gasteiger partial charge on any atom is -0.340 e. The average Bonchev–Trinajstić information content (AvgIpc) is 3.43. The van der Waals surface area contributed by atoms with Gasteiger partial charge >= 0.3 is 0 Å². The van der Waals surface area contributed by atoms with E-state index in [-0.39, 0.29) is 5.39 Å². The number of hydrogen-bond donors (Lipinski definition) is 1. The zero-order valence-electron chi connectivity index (χ0n) is 22.9. The normalized spacial score (nSPS) is 15.5. The van der Waals surface area contributed by atoms with E-state index in [9.17, 15) is 4.79 Å². The Morgan fingerprint density at radius 3 is 2.37 bits per heavy atom. The van der Waals surface area contributed by atoms with E-state index in [2.05, 4.69) is 41.2 Å². The van der Waals surface area contributed by atoms with Gasteiger partial charge in [-0.3, -0.25) is 4.79 Å². The SMILES string of the molecule is CN1CCC(c2ccc(-c3cc(F)c4c(=O)n(C(c5ccccc5)c5nc6ccccc6[nH]5)ccc4c3)cc2)CC1. The van der Waals surface area contributed by atoms with Crippen LogP contribution in [0.4, 0.5) is 4.39 Å². The van der Waals surface area contributed by atoms with Crippen LogP contribution in [0.2, 0.25) is 0 Å². The van der Waals surface area contributed by atoms with Crippen LogP contribution >= 0.6 is 0 Å². The summed E-state index contributed by atoms with van der Waals surface area (Å²) < 4.78 is 17.4. The van der Waals surface area contributed by atoms with Crippen molar-refractivity contribution in [1.29, 1.82) is 0 Å². The van der Waals surface area contributed by atoms with Gasteiger partial charge in [0.05, 0.1) is 16.4 Å². The highest BCUT2D eigenvalue weighted by Crippen LogP contribution is 2.32. The Kier molecular flexibility index (Phi) is 6.48. The van der Waals surface area contributed by atoms with Gasteiger partial charge in [0.25, 0.3) is 5.56 Å². The summed E-state index contributed by atoms with van der Waals surface area (Å²) in [6.45, 7) is 2.22. The van der Waals surface area contributed by atoms with Crippen molar-refractivity contribution in [2.24, 2.45) is 0 Å². The van der Waals surface area contributed by atoms with Crippen molar-refractivity contribution in [2.75, 3.05) is 20.1 Å². The number of para-hydroxylation sites is 2. The molecule has 1 fully saturated rings. The summed E-state index contributed by atoms with van der Waals surface area (Å²) in [5, 5.41) is 0.660. The minimum absolute atomic E-state index is 0.0798. The number of piperidine rings is 1. The number of rotatable bonds is 5. The molecule has 204 valence electrons. The molecule has 0 amide bonds. The van der Waals surface area contributed by atoms with Gasteiger partial charge < -0.3 is 14.5 Å². The van der Waals surface area contributed by atoms with Crippen LogP contribution in [0.15, 0.2) is 108 Å².